The Morgan fingerprint density at radius 3 is 2.19 bits per heavy atom. The molecule has 0 fully saturated rings. The molecule has 1 aliphatic rings. The molecule has 158 valence electrons. The molecular weight excluding hydrogens is 464 g/mol. The van der Waals surface area contributed by atoms with E-state index < -0.39 is 17.7 Å². The molecule has 3 aromatic rings. The number of alkyl carbamates (subject to hydrolysis) is 1. The minimum absolute atomic E-state index is 0.00130. The quantitative estimate of drug-likeness (QED) is 0.397. The highest BCUT2D eigenvalue weighted by molar-refractivity contribution is 9.10. The van der Waals surface area contributed by atoms with Crippen LogP contribution in [0.1, 0.15) is 29.0 Å². The first-order valence-electron chi connectivity index (χ1n) is 9.94. The molecule has 0 bridgehead atoms. The summed E-state index contributed by atoms with van der Waals surface area (Å²) >= 11 is 3.05. The molecule has 31 heavy (non-hydrogen) atoms. The number of amides is 1. The van der Waals surface area contributed by atoms with Gasteiger partial charge in [0.1, 0.15) is 18.2 Å². The van der Waals surface area contributed by atoms with Crippen LogP contribution >= 0.6 is 15.9 Å². The van der Waals surface area contributed by atoms with E-state index in [1.807, 2.05) is 24.3 Å². The summed E-state index contributed by atoms with van der Waals surface area (Å²) in [7, 11) is 0. The van der Waals surface area contributed by atoms with Crippen molar-refractivity contribution in [1.82, 2.24) is 5.32 Å². The van der Waals surface area contributed by atoms with Crippen LogP contribution in [0.3, 0.4) is 0 Å². The summed E-state index contributed by atoms with van der Waals surface area (Å²) in [5, 5.41) is 2.67. The first-order chi connectivity index (χ1) is 15.0. The molecule has 0 heterocycles. The summed E-state index contributed by atoms with van der Waals surface area (Å²) in [6.45, 7) is 0.540. The molecule has 4 rings (SSSR count). The standard InChI is InChI=1S/C25H20BrF2NO2/c26-16-13-23(27)21(24(28)14-16)11-5-6-12-29-25(30)31-15-22-19-9-3-1-7-17(19)18-8-2-4-10-20(18)22/h1-5,7-11,13-14,22H,6,12,15H2,(H,29,30). The predicted octanol–water partition coefficient (Wildman–Crippen LogP) is 6.67. The van der Waals surface area contributed by atoms with Crippen LogP contribution in [-0.4, -0.2) is 19.2 Å². The number of halogens is 3. The number of hydrogen-bond acceptors (Lipinski definition) is 2. The van der Waals surface area contributed by atoms with Crippen molar-refractivity contribution in [2.45, 2.75) is 12.3 Å². The topological polar surface area (TPSA) is 38.3 Å². The highest BCUT2D eigenvalue weighted by Crippen LogP contribution is 2.44. The Labute approximate surface area is 187 Å². The molecule has 0 saturated heterocycles. The van der Waals surface area contributed by atoms with Gasteiger partial charge in [-0.05, 0) is 40.8 Å². The lowest BCUT2D eigenvalue weighted by Crippen LogP contribution is -2.26. The minimum atomic E-state index is -0.646. The van der Waals surface area contributed by atoms with Crippen molar-refractivity contribution in [1.29, 1.82) is 0 Å². The van der Waals surface area contributed by atoms with Gasteiger partial charge in [-0.15, -0.1) is 0 Å². The number of ether oxygens (including phenoxy) is 1. The van der Waals surface area contributed by atoms with Gasteiger partial charge in [-0.2, -0.15) is 0 Å². The molecule has 1 amide bonds. The van der Waals surface area contributed by atoms with E-state index in [9.17, 15) is 13.6 Å². The molecule has 6 heteroatoms. The summed E-state index contributed by atoms with van der Waals surface area (Å²) in [6.07, 6.45) is 2.88. The molecule has 0 unspecified atom stereocenters. The van der Waals surface area contributed by atoms with Crippen LogP contribution in [0.2, 0.25) is 0 Å². The Hall–Kier alpha value is -2.99. The zero-order chi connectivity index (χ0) is 21.8. The number of carbonyl (C=O) groups is 1. The number of nitrogens with one attached hydrogen (secondary N) is 1. The average Bonchev–Trinajstić information content (AvgIpc) is 3.07. The lowest BCUT2D eigenvalue weighted by Gasteiger charge is -2.14. The van der Waals surface area contributed by atoms with Gasteiger partial charge in [0.2, 0.25) is 0 Å². The van der Waals surface area contributed by atoms with Crippen molar-refractivity contribution in [3.05, 3.63) is 99.5 Å². The van der Waals surface area contributed by atoms with Crippen molar-refractivity contribution in [3.8, 4) is 11.1 Å². The maximum atomic E-state index is 13.8. The second kappa shape index (κ2) is 9.43. The Morgan fingerprint density at radius 2 is 1.58 bits per heavy atom. The Balaban J connectivity index is 1.29. The van der Waals surface area contributed by atoms with E-state index in [1.165, 1.54) is 29.3 Å². The van der Waals surface area contributed by atoms with Crippen molar-refractivity contribution in [3.63, 3.8) is 0 Å². The van der Waals surface area contributed by atoms with Crippen LogP contribution < -0.4 is 5.32 Å². The normalized spacial score (nSPS) is 12.6. The van der Waals surface area contributed by atoms with Gasteiger partial charge in [-0.1, -0.05) is 76.6 Å². The molecule has 0 spiro atoms. The van der Waals surface area contributed by atoms with E-state index in [1.54, 1.807) is 6.08 Å². The van der Waals surface area contributed by atoms with Crippen LogP contribution in [0.4, 0.5) is 13.6 Å². The van der Waals surface area contributed by atoms with Gasteiger partial charge in [0, 0.05) is 22.5 Å². The summed E-state index contributed by atoms with van der Waals surface area (Å²) in [5.74, 6) is -1.29. The summed E-state index contributed by atoms with van der Waals surface area (Å²) in [6, 6.07) is 18.7. The largest absolute Gasteiger partial charge is 0.449 e. The lowest BCUT2D eigenvalue weighted by atomic mass is 9.98. The Kier molecular flexibility index (Phi) is 6.47. The maximum Gasteiger partial charge on any atom is 0.407 e. The van der Waals surface area contributed by atoms with E-state index in [4.69, 9.17) is 4.74 Å². The zero-order valence-electron chi connectivity index (χ0n) is 16.6. The second-order valence-corrected chi connectivity index (χ2v) is 8.14. The van der Waals surface area contributed by atoms with Crippen LogP contribution in [0.25, 0.3) is 17.2 Å². The molecule has 0 aromatic heterocycles. The van der Waals surface area contributed by atoms with Crippen molar-refractivity contribution >= 4 is 28.1 Å². The number of carbonyl (C=O) groups excluding carboxylic acids is 1. The SMILES string of the molecule is O=C(NCCC=Cc1c(F)cc(Br)cc1F)OCC1c2ccccc2-c2ccccc21. The van der Waals surface area contributed by atoms with Crippen molar-refractivity contribution in [2.75, 3.05) is 13.2 Å². The van der Waals surface area contributed by atoms with E-state index >= 15 is 0 Å². The third-order valence-corrected chi connectivity index (χ3v) is 5.71. The summed E-state index contributed by atoms with van der Waals surface area (Å²) < 4.78 is 33.4. The lowest BCUT2D eigenvalue weighted by molar-refractivity contribution is 0.143. The van der Waals surface area contributed by atoms with E-state index in [0.29, 0.717) is 17.4 Å². The molecular formula is C25H20BrF2NO2. The van der Waals surface area contributed by atoms with Gasteiger partial charge in [-0.3, -0.25) is 0 Å². The summed E-state index contributed by atoms with van der Waals surface area (Å²) in [4.78, 5) is 12.1. The first kappa shape index (κ1) is 21.2. The molecule has 0 saturated carbocycles. The van der Waals surface area contributed by atoms with Gasteiger partial charge in [0.05, 0.1) is 0 Å². The van der Waals surface area contributed by atoms with Crippen molar-refractivity contribution < 1.29 is 18.3 Å². The molecule has 3 aromatic carbocycles. The molecule has 0 aliphatic heterocycles. The van der Waals surface area contributed by atoms with Gasteiger partial charge in [-0.25, -0.2) is 13.6 Å². The zero-order valence-corrected chi connectivity index (χ0v) is 18.2. The van der Waals surface area contributed by atoms with Crippen LogP contribution in [0, 0.1) is 11.6 Å². The third kappa shape index (κ3) is 4.69. The number of fused-ring (bicyclic) bond motifs is 3. The second-order valence-electron chi connectivity index (χ2n) is 7.23. The first-order valence-corrected chi connectivity index (χ1v) is 10.7. The van der Waals surface area contributed by atoms with Gasteiger partial charge >= 0.3 is 6.09 Å². The highest BCUT2D eigenvalue weighted by Gasteiger charge is 2.28. The van der Waals surface area contributed by atoms with Gasteiger partial charge in [0.15, 0.2) is 0 Å². The van der Waals surface area contributed by atoms with Gasteiger partial charge < -0.3 is 10.1 Å². The Bertz CT molecular complexity index is 1080. The summed E-state index contributed by atoms with van der Waals surface area (Å²) in [5.41, 5.74) is 4.54. The fraction of sp³-hybridized carbons (Fsp3) is 0.160. The maximum absolute atomic E-state index is 13.8. The van der Waals surface area contributed by atoms with Crippen LogP contribution in [-0.2, 0) is 4.74 Å². The molecule has 0 atom stereocenters. The smallest absolute Gasteiger partial charge is 0.407 e. The number of hydrogen-bond donors (Lipinski definition) is 1. The molecule has 3 nitrogen and oxygen atoms in total. The van der Waals surface area contributed by atoms with E-state index in [2.05, 4.69) is 45.5 Å². The molecule has 0 radical (unpaired) electrons. The highest BCUT2D eigenvalue weighted by atomic mass is 79.9. The van der Waals surface area contributed by atoms with Gasteiger partial charge in [0.25, 0.3) is 0 Å². The van der Waals surface area contributed by atoms with Crippen LogP contribution in [0.15, 0.2) is 71.2 Å². The van der Waals surface area contributed by atoms with Crippen molar-refractivity contribution in [2.24, 2.45) is 0 Å². The minimum Gasteiger partial charge on any atom is -0.449 e. The van der Waals surface area contributed by atoms with Crippen LogP contribution in [0.5, 0.6) is 0 Å². The average molecular weight is 484 g/mol. The monoisotopic (exact) mass is 483 g/mol. The third-order valence-electron chi connectivity index (χ3n) is 5.25. The molecule has 1 aliphatic carbocycles. The fourth-order valence-corrected chi connectivity index (χ4v) is 4.22. The van der Waals surface area contributed by atoms with E-state index in [0.717, 1.165) is 11.1 Å². The fourth-order valence-electron chi connectivity index (χ4n) is 3.82. The number of benzene rings is 3. The number of rotatable bonds is 6. The van der Waals surface area contributed by atoms with E-state index in [-0.39, 0.29) is 18.1 Å². The Morgan fingerprint density at radius 1 is 1.00 bits per heavy atom. The predicted molar refractivity (Wildman–Crippen MR) is 121 cm³/mol. The molecule has 1 N–H and O–H groups in total.